The Balaban J connectivity index is 1.67. The van der Waals surface area contributed by atoms with E-state index in [0.29, 0.717) is 6.54 Å². The maximum absolute atomic E-state index is 11.7. The number of piperidine rings is 1. The molecule has 0 spiro atoms. The number of benzene rings is 1. The van der Waals surface area contributed by atoms with Crippen molar-refractivity contribution in [3.8, 4) is 0 Å². The number of amides is 2. The second-order valence-electron chi connectivity index (χ2n) is 5.08. The third kappa shape index (κ3) is 2.04. The molecule has 94 valence electrons. The average Bonchev–Trinajstić information content (AvgIpc) is 2.66. The highest BCUT2D eigenvalue weighted by Crippen LogP contribution is 2.29. The number of rotatable bonds is 2. The van der Waals surface area contributed by atoms with Crippen molar-refractivity contribution in [1.82, 2.24) is 10.2 Å². The molecule has 0 aromatic heterocycles. The number of carbonyl (C=O) groups excluding carboxylic acids is 2. The van der Waals surface area contributed by atoms with Crippen molar-refractivity contribution in [2.24, 2.45) is 11.8 Å². The molecule has 2 unspecified atom stereocenters. The lowest BCUT2D eigenvalue weighted by molar-refractivity contribution is -0.126. The third-order valence-corrected chi connectivity index (χ3v) is 3.87. The summed E-state index contributed by atoms with van der Waals surface area (Å²) in [6.07, 6.45) is 0.787. The molecule has 1 aromatic rings. The minimum atomic E-state index is -0.144. The van der Waals surface area contributed by atoms with Crippen molar-refractivity contribution in [3.05, 3.63) is 35.9 Å². The third-order valence-electron chi connectivity index (χ3n) is 3.87. The fraction of sp³-hybridized carbons (Fsp3) is 0.429. The quantitative estimate of drug-likeness (QED) is 0.782. The van der Waals surface area contributed by atoms with Gasteiger partial charge in [-0.3, -0.25) is 19.8 Å². The summed E-state index contributed by atoms with van der Waals surface area (Å²) in [5, 5.41) is 2.44. The predicted octanol–water partition coefficient (Wildman–Crippen LogP) is 0.781. The zero-order valence-corrected chi connectivity index (χ0v) is 10.1. The van der Waals surface area contributed by atoms with Gasteiger partial charge in [0.2, 0.25) is 11.8 Å². The molecule has 2 atom stereocenters. The van der Waals surface area contributed by atoms with E-state index in [9.17, 15) is 9.59 Å². The molecule has 0 bridgehead atoms. The van der Waals surface area contributed by atoms with Crippen molar-refractivity contribution in [2.45, 2.75) is 13.0 Å². The van der Waals surface area contributed by atoms with Gasteiger partial charge >= 0.3 is 0 Å². The Bertz CT molecular complexity index is 472. The van der Waals surface area contributed by atoms with Crippen LogP contribution in [0.3, 0.4) is 0 Å². The molecule has 2 heterocycles. The van der Waals surface area contributed by atoms with Crippen LogP contribution in [0.1, 0.15) is 12.0 Å². The molecule has 0 aliphatic carbocycles. The van der Waals surface area contributed by atoms with E-state index in [1.807, 2.05) is 18.2 Å². The minimum absolute atomic E-state index is 0.0793. The Hall–Kier alpha value is -1.68. The first-order chi connectivity index (χ1) is 8.74. The zero-order valence-electron chi connectivity index (χ0n) is 10.1. The van der Waals surface area contributed by atoms with Crippen LogP contribution in [0.5, 0.6) is 0 Å². The molecule has 0 radical (unpaired) electrons. The summed E-state index contributed by atoms with van der Waals surface area (Å²) < 4.78 is 0. The Morgan fingerprint density at radius 2 is 1.83 bits per heavy atom. The van der Waals surface area contributed by atoms with E-state index in [2.05, 4.69) is 22.3 Å². The molecule has 2 aliphatic heterocycles. The van der Waals surface area contributed by atoms with Crippen molar-refractivity contribution < 1.29 is 9.59 Å². The molecule has 2 fully saturated rings. The van der Waals surface area contributed by atoms with Gasteiger partial charge in [-0.2, -0.15) is 0 Å². The van der Waals surface area contributed by atoms with Crippen LogP contribution >= 0.6 is 0 Å². The van der Waals surface area contributed by atoms with Crippen LogP contribution in [0.2, 0.25) is 0 Å². The topological polar surface area (TPSA) is 49.4 Å². The first kappa shape index (κ1) is 11.4. The Morgan fingerprint density at radius 3 is 2.61 bits per heavy atom. The van der Waals surface area contributed by atoms with Crippen LogP contribution in [0, 0.1) is 11.8 Å². The lowest BCUT2D eigenvalue weighted by atomic mass is 9.87. The standard InChI is InChI=1S/C14H16N2O2/c17-13-11-6-7-16(9-12(11)14(18)15-13)8-10-4-2-1-3-5-10/h1-5,11-12H,6-9H2,(H,15,17,18). The first-order valence-electron chi connectivity index (χ1n) is 6.35. The lowest BCUT2D eigenvalue weighted by Crippen LogP contribution is -2.41. The van der Waals surface area contributed by atoms with Crippen LogP contribution < -0.4 is 5.32 Å². The van der Waals surface area contributed by atoms with E-state index < -0.39 is 0 Å². The number of nitrogens with one attached hydrogen (secondary N) is 1. The van der Waals surface area contributed by atoms with E-state index in [1.54, 1.807) is 0 Å². The molecule has 2 amide bonds. The van der Waals surface area contributed by atoms with E-state index >= 15 is 0 Å². The van der Waals surface area contributed by atoms with Gasteiger partial charge in [0.25, 0.3) is 0 Å². The van der Waals surface area contributed by atoms with Crippen molar-refractivity contribution >= 4 is 11.8 Å². The number of likely N-dealkylation sites (tertiary alicyclic amines) is 1. The summed E-state index contributed by atoms with van der Waals surface area (Å²) >= 11 is 0. The predicted molar refractivity (Wildman–Crippen MR) is 66.5 cm³/mol. The van der Waals surface area contributed by atoms with Crippen molar-refractivity contribution in [1.29, 1.82) is 0 Å². The number of imide groups is 1. The normalized spacial score (nSPS) is 28.0. The molecule has 3 rings (SSSR count). The molecular weight excluding hydrogens is 228 g/mol. The fourth-order valence-electron chi connectivity index (χ4n) is 2.89. The molecule has 2 aliphatic rings. The molecule has 4 nitrogen and oxygen atoms in total. The molecule has 2 saturated heterocycles. The molecule has 4 heteroatoms. The van der Waals surface area contributed by atoms with Crippen LogP contribution in [0.25, 0.3) is 0 Å². The summed E-state index contributed by atoms with van der Waals surface area (Å²) in [5.74, 6) is -0.411. The Morgan fingerprint density at radius 1 is 1.11 bits per heavy atom. The minimum Gasteiger partial charge on any atom is -0.298 e. The number of carbonyl (C=O) groups is 2. The highest BCUT2D eigenvalue weighted by Gasteiger charge is 2.44. The Kier molecular flexibility index (Phi) is 2.88. The highest BCUT2D eigenvalue weighted by atomic mass is 16.2. The van der Waals surface area contributed by atoms with Gasteiger partial charge in [0.05, 0.1) is 11.8 Å². The highest BCUT2D eigenvalue weighted by molar-refractivity contribution is 6.05. The zero-order chi connectivity index (χ0) is 12.5. The van der Waals surface area contributed by atoms with E-state index in [0.717, 1.165) is 19.5 Å². The van der Waals surface area contributed by atoms with E-state index in [1.165, 1.54) is 5.56 Å². The van der Waals surface area contributed by atoms with Crippen LogP contribution in [-0.2, 0) is 16.1 Å². The van der Waals surface area contributed by atoms with Gasteiger partial charge in [0.1, 0.15) is 0 Å². The largest absolute Gasteiger partial charge is 0.298 e. The number of nitrogens with zero attached hydrogens (tertiary/aromatic N) is 1. The molecular formula is C14H16N2O2. The molecule has 1 N–H and O–H groups in total. The number of hydrogen-bond donors (Lipinski definition) is 1. The van der Waals surface area contributed by atoms with Gasteiger partial charge in [-0.25, -0.2) is 0 Å². The van der Waals surface area contributed by atoms with Gasteiger partial charge < -0.3 is 0 Å². The number of fused-ring (bicyclic) bond motifs is 1. The summed E-state index contributed by atoms with van der Waals surface area (Å²) in [5.41, 5.74) is 1.25. The molecule has 1 aromatic carbocycles. The fourth-order valence-corrected chi connectivity index (χ4v) is 2.89. The van der Waals surface area contributed by atoms with Crippen LogP contribution in [0.4, 0.5) is 0 Å². The summed E-state index contributed by atoms with van der Waals surface area (Å²) in [6, 6.07) is 10.2. The van der Waals surface area contributed by atoms with E-state index in [-0.39, 0.29) is 23.7 Å². The van der Waals surface area contributed by atoms with Crippen LogP contribution in [-0.4, -0.2) is 29.8 Å². The number of hydrogen-bond acceptors (Lipinski definition) is 3. The van der Waals surface area contributed by atoms with Crippen molar-refractivity contribution in [3.63, 3.8) is 0 Å². The maximum Gasteiger partial charge on any atom is 0.231 e. The SMILES string of the molecule is O=C1NC(=O)C2CN(Cc3ccccc3)CCC12. The second kappa shape index (κ2) is 4.53. The lowest BCUT2D eigenvalue weighted by Gasteiger charge is -2.32. The van der Waals surface area contributed by atoms with Gasteiger partial charge in [-0.05, 0) is 18.5 Å². The molecule has 18 heavy (non-hydrogen) atoms. The van der Waals surface area contributed by atoms with Gasteiger partial charge in [-0.1, -0.05) is 30.3 Å². The maximum atomic E-state index is 11.7. The van der Waals surface area contributed by atoms with Crippen molar-refractivity contribution in [2.75, 3.05) is 13.1 Å². The first-order valence-corrected chi connectivity index (χ1v) is 6.35. The smallest absolute Gasteiger partial charge is 0.231 e. The monoisotopic (exact) mass is 244 g/mol. The van der Waals surface area contributed by atoms with Gasteiger partial charge in [0.15, 0.2) is 0 Å². The summed E-state index contributed by atoms with van der Waals surface area (Å²) in [7, 11) is 0. The summed E-state index contributed by atoms with van der Waals surface area (Å²) in [6.45, 7) is 2.43. The average molecular weight is 244 g/mol. The van der Waals surface area contributed by atoms with Gasteiger partial charge in [-0.15, -0.1) is 0 Å². The summed E-state index contributed by atoms with van der Waals surface area (Å²) in [4.78, 5) is 25.5. The second-order valence-corrected chi connectivity index (χ2v) is 5.08. The Labute approximate surface area is 106 Å². The van der Waals surface area contributed by atoms with E-state index in [4.69, 9.17) is 0 Å². The van der Waals surface area contributed by atoms with Gasteiger partial charge in [0, 0.05) is 13.1 Å². The van der Waals surface area contributed by atoms with Crippen LogP contribution in [0.15, 0.2) is 30.3 Å². The molecule has 0 saturated carbocycles.